The Hall–Kier alpha value is -1.85. The zero-order valence-electron chi connectivity index (χ0n) is 14.3. The van der Waals surface area contributed by atoms with Gasteiger partial charge in [0.1, 0.15) is 5.69 Å². The Morgan fingerprint density at radius 1 is 1.29 bits per heavy atom. The zero-order chi connectivity index (χ0) is 17.7. The van der Waals surface area contributed by atoms with Crippen LogP contribution in [-0.4, -0.2) is 27.3 Å². The van der Waals surface area contributed by atoms with Crippen molar-refractivity contribution < 1.29 is 9.90 Å². The van der Waals surface area contributed by atoms with Crippen molar-refractivity contribution in [3.8, 4) is 0 Å². The average Bonchev–Trinajstić information content (AvgIpc) is 2.96. The molecular weight excluding hydrogens is 326 g/mol. The zero-order valence-corrected chi connectivity index (χ0v) is 15.0. The van der Waals surface area contributed by atoms with Crippen LogP contribution in [0.2, 0.25) is 5.02 Å². The van der Waals surface area contributed by atoms with E-state index in [1.165, 1.54) is 0 Å². The number of carbonyl (C=O) groups excluding carboxylic acids is 1. The number of halogens is 1. The Kier molecular flexibility index (Phi) is 6.40. The summed E-state index contributed by atoms with van der Waals surface area (Å²) in [7, 11) is 0. The lowest BCUT2D eigenvalue weighted by Gasteiger charge is -2.15. The topological polar surface area (TPSA) is 67.2 Å². The molecule has 0 spiro atoms. The van der Waals surface area contributed by atoms with Gasteiger partial charge in [0.25, 0.3) is 5.91 Å². The summed E-state index contributed by atoms with van der Waals surface area (Å²) in [4.78, 5) is 12.3. The molecule has 2 N–H and O–H groups in total. The lowest BCUT2D eigenvalue weighted by atomic mass is 10.1. The maximum atomic E-state index is 12.3. The van der Waals surface area contributed by atoms with Gasteiger partial charge in [-0.15, -0.1) is 0 Å². The highest BCUT2D eigenvalue weighted by Gasteiger charge is 2.17. The summed E-state index contributed by atoms with van der Waals surface area (Å²) in [5, 5.41) is 17.9. The van der Waals surface area contributed by atoms with E-state index in [1.807, 2.05) is 11.6 Å². The van der Waals surface area contributed by atoms with Gasteiger partial charge in [-0.25, -0.2) is 0 Å². The van der Waals surface area contributed by atoms with Gasteiger partial charge in [0, 0.05) is 17.3 Å². The van der Waals surface area contributed by atoms with Gasteiger partial charge in [0.15, 0.2) is 0 Å². The van der Waals surface area contributed by atoms with Gasteiger partial charge >= 0.3 is 0 Å². The molecule has 130 valence electrons. The first-order valence-electron chi connectivity index (χ1n) is 8.24. The van der Waals surface area contributed by atoms with Crippen LogP contribution < -0.4 is 5.32 Å². The molecule has 1 amide bonds. The first-order chi connectivity index (χ1) is 11.5. The standard InChI is InChI=1S/C18H24ClN3O2/c1-4-15(5-2)22-12(3)10-16(21-22)18(24)20-11-17(23)13-6-8-14(19)9-7-13/h6-10,15,17,23H,4-5,11H2,1-3H3,(H,20,24). The summed E-state index contributed by atoms with van der Waals surface area (Å²) >= 11 is 5.83. The van der Waals surface area contributed by atoms with Crippen LogP contribution in [0.5, 0.6) is 0 Å². The summed E-state index contributed by atoms with van der Waals surface area (Å²) in [5.41, 5.74) is 2.05. The summed E-state index contributed by atoms with van der Waals surface area (Å²) in [5.74, 6) is -0.282. The molecule has 0 fully saturated rings. The van der Waals surface area contributed by atoms with Gasteiger partial charge in [-0.3, -0.25) is 9.48 Å². The van der Waals surface area contributed by atoms with Gasteiger partial charge in [-0.2, -0.15) is 5.10 Å². The molecule has 6 heteroatoms. The minimum Gasteiger partial charge on any atom is -0.387 e. The molecule has 0 saturated carbocycles. The van der Waals surface area contributed by atoms with E-state index in [0.717, 1.165) is 18.5 Å². The fraction of sp³-hybridized carbons (Fsp3) is 0.444. The van der Waals surface area contributed by atoms with E-state index < -0.39 is 6.10 Å². The van der Waals surface area contributed by atoms with Crippen LogP contribution in [0.25, 0.3) is 0 Å². The molecule has 5 nitrogen and oxygen atoms in total. The van der Waals surface area contributed by atoms with Crippen molar-refractivity contribution in [1.29, 1.82) is 0 Å². The monoisotopic (exact) mass is 349 g/mol. The molecule has 2 rings (SSSR count). The molecule has 0 aliphatic carbocycles. The number of benzene rings is 1. The molecule has 1 atom stereocenters. The number of hydrogen-bond donors (Lipinski definition) is 2. The van der Waals surface area contributed by atoms with Crippen molar-refractivity contribution in [3.63, 3.8) is 0 Å². The predicted octanol–water partition coefficient (Wildman–Crippen LogP) is 3.67. The maximum absolute atomic E-state index is 12.3. The molecule has 1 unspecified atom stereocenters. The second-order valence-electron chi connectivity index (χ2n) is 5.86. The predicted molar refractivity (Wildman–Crippen MR) is 95.3 cm³/mol. The minimum atomic E-state index is -0.784. The SMILES string of the molecule is CCC(CC)n1nc(C(=O)NCC(O)c2ccc(Cl)cc2)cc1C. The summed E-state index contributed by atoms with van der Waals surface area (Å²) in [6, 6.07) is 8.98. The number of aliphatic hydroxyl groups is 1. The number of hydrogen-bond acceptors (Lipinski definition) is 3. The Labute approximate surface area is 147 Å². The molecule has 1 aromatic heterocycles. The van der Waals surface area contributed by atoms with Gasteiger partial charge in [-0.1, -0.05) is 37.6 Å². The summed E-state index contributed by atoms with van der Waals surface area (Å²) in [6.45, 7) is 6.29. The average molecular weight is 350 g/mol. The second kappa shape index (κ2) is 8.31. The van der Waals surface area contributed by atoms with Gasteiger partial charge in [0.05, 0.1) is 12.1 Å². The summed E-state index contributed by atoms with van der Waals surface area (Å²) < 4.78 is 1.91. The fourth-order valence-electron chi connectivity index (χ4n) is 2.69. The van der Waals surface area contributed by atoms with Crippen molar-refractivity contribution in [2.75, 3.05) is 6.54 Å². The first-order valence-corrected chi connectivity index (χ1v) is 8.61. The van der Waals surface area contributed by atoms with Crippen LogP contribution in [0.4, 0.5) is 0 Å². The van der Waals surface area contributed by atoms with Gasteiger partial charge in [-0.05, 0) is 43.5 Å². The third-order valence-corrected chi connectivity index (χ3v) is 4.41. The second-order valence-corrected chi connectivity index (χ2v) is 6.30. The lowest BCUT2D eigenvalue weighted by Crippen LogP contribution is -2.29. The molecule has 0 saturated heterocycles. The largest absolute Gasteiger partial charge is 0.387 e. The van der Waals surface area contributed by atoms with Crippen LogP contribution in [-0.2, 0) is 0 Å². The first kappa shape index (κ1) is 18.5. The third kappa shape index (κ3) is 4.36. The van der Waals surface area contributed by atoms with Crippen molar-refractivity contribution in [2.24, 2.45) is 0 Å². The number of carbonyl (C=O) groups is 1. The molecule has 1 heterocycles. The van der Waals surface area contributed by atoms with E-state index in [-0.39, 0.29) is 12.5 Å². The van der Waals surface area contributed by atoms with Crippen molar-refractivity contribution in [2.45, 2.75) is 45.8 Å². The third-order valence-electron chi connectivity index (χ3n) is 4.15. The molecule has 1 aromatic carbocycles. The van der Waals surface area contributed by atoms with Crippen LogP contribution in [0, 0.1) is 6.92 Å². The molecule has 0 aliphatic rings. The molecule has 0 bridgehead atoms. The smallest absolute Gasteiger partial charge is 0.271 e. The van der Waals surface area contributed by atoms with E-state index in [0.29, 0.717) is 22.3 Å². The van der Waals surface area contributed by atoms with Gasteiger partial charge in [0.2, 0.25) is 0 Å². The number of nitrogens with zero attached hydrogens (tertiary/aromatic N) is 2. The lowest BCUT2D eigenvalue weighted by molar-refractivity contribution is 0.0910. The number of aromatic nitrogens is 2. The Morgan fingerprint density at radius 3 is 2.50 bits per heavy atom. The normalized spacial score (nSPS) is 12.4. The van der Waals surface area contributed by atoms with E-state index >= 15 is 0 Å². The van der Waals surface area contributed by atoms with Crippen LogP contribution >= 0.6 is 11.6 Å². The molecule has 0 radical (unpaired) electrons. The van der Waals surface area contributed by atoms with Crippen LogP contribution in [0.1, 0.15) is 60.6 Å². The Balaban J connectivity index is 2.00. The van der Waals surface area contributed by atoms with Crippen molar-refractivity contribution in [3.05, 3.63) is 52.3 Å². The molecular formula is C18H24ClN3O2. The highest BCUT2D eigenvalue weighted by Crippen LogP contribution is 2.18. The van der Waals surface area contributed by atoms with E-state index in [4.69, 9.17) is 11.6 Å². The molecule has 0 aliphatic heterocycles. The Morgan fingerprint density at radius 2 is 1.92 bits per heavy atom. The van der Waals surface area contributed by atoms with Crippen molar-refractivity contribution >= 4 is 17.5 Å². The highest BCUT2D eigenvalue weighted by molar-refractivity contribution is 6.30. The number of nitrogens with one attached hydrogen (secondary N) is 1. The Bertz CT molecular complexity index is 678. The molecule has 2 aromatic rings. The van der Waals surface area contributed by atoms with Crippen molar-refractivity contribution in [1.82, 2.24) is 15.1 Å². The highest BCUT2D eigenvalue weighted by atomic mass is 35.5. The quantitative estimate of drug-likeness (QED) is 0.801. The van der Waals surface area contributed by atoms with E-state index in [1.54, 1.807) is 30.3 Å². The number of aryl methyl sites for hydroxylation is 1. The fourth-order valence-corrected chi connectivity index (χ4v) is 2.81. The van der Waals surface area contributed by atoms with Gasteiger partial charge < -0.3 is 10.4 Å². The van der Waals surface area contributed by atoms with E-state index in [9.17, 15) is 9.90 Å². The number of rotatable bonds is 7. The number of aliphatic hydroxyl groups excluding tert-OH is 1. The van der Waals surface area contributed by atoms with E-state index in [2.05, 4.69) is 24.3 Å². The summed E-state index contributed by atoms with van der Waals surface area (Å²) in [6.07, 6.45) is 1.15. The number of amides is 1. The minimum absolute atomic E-state index is 0.122. The van der Waals surface area contributed by atoms with Crippen LogP contribution in [0.3, 0.4) is 0 Å². The maximum Gasteiger partial charge on any atom is 0.271 e. The van der Waals surface area contributed by atoms with Crippen LogP contribution in [0.15, 0.2) is 30.3 Å². The molecule has 24 heavy (non-hydrogen) atoms.